The molecule has 3 aromatic carbocycles. The zero-order valence-corrected chi connectivity index (χ0v) is 21.0. The lowest BCUT2D eigenvalue weighted by Crippen LogP contribution is -2.19. The van der Waals surface area contributed by atoms with Crippen molar-refractivity contribution >= 4 is 21.6 Å². The quantitative estimate of drug-likeness (QED) is 0.303. The zero-order valence-electron chi connectivity index (χ0n) is 20.1. The van der Waals surface area contributed by atoms with Crippen molar-refractivity contribution < 1.29 is 17.9 Å². The molecule has 0 atom stereocenters. The normalized spacial score (nSPS) is 11.3. The van der Waals surface area contributed by atoms with Crippen molar-refractivity contribution in [3.63, 3.8) is 0 Å². The number of benzene rings is 3. The molecule has 0 fully saturated rings. The first-order chi connectivity index (χ1) is 17.3. The Balaban J connectivity index is 1.86. The third-order valence-electron chi connectivity index (χ3n) is 5.51. The summed E-state index contributed by atoms with van der Waals surface area (Å²) in [4.78, 5) is 13.4. The van der Waals surface area contributed by atoms with E-state index in [1.807, 2.05) is 43.3 Å². The molecule has 0 unspecified atom stereocenters. The van der Waals surface area contributed by atoms with Crippen LogP contribution in [0, 0.1) is 6.92 Å². The van der Waals surface area contributed by atoms with Gasteiger partial charge in [0.05, 0.1) is 17.1 Å². The van der Waals surface area contributed by atoms with Gasteiger partial charge in [-0.15, -0.1) is 0 Å². The molecule has 0 spiro atoms. The second-order valence-corrected chi connectivity index (χ2v) is 9.88. The van der Waals surface area contributed by atoms with Crippen molar-refractivity contribution in [3.05, 3.63) is 90.1 Å². The Morgan fingerprint density at radius 3 is 2.33 bits per heavy atom. The van der Waals surface area contributed by atoms with E-state index < -0.39 is 15.9 Å². The molecular formula is C27H28N4O4S. The van der Waals surface area contributed by atoms with Crippen LogP contribution < -0.4 is 15.2 Å². The van der Waals surface area contributed by atoms with Crippen molar-refractivity contribution in [2.24, 2.45) is 5.14 Å². The van der Waals surface area contributed by atoms with Gasteiger partial charge in [0.15, 0.2) is 5.75 Å². The maximum absolute atomic E-state index is 13.7. The molecule has 1 aromatic heterocycles. The van der Waals surface area contributed by atoms with Gasteiger partial charge >= 0.3 is 0 Å². The van der Waals surface area contributed by atoms with E-state index in [1.54, 1.807) is 43.3 Å². The van der Waals surface area contributed by atoms with Gasteiger partial charge in [-0.25, -0.2) is 13.6 Å². The molecule has 9 heteroatoms. The molecule has 0 aliphatic heterocycles. The van der Waals surface area contributed by atoms with Crippen LogP contribution in [0.1, 0.15) is 35.8 Å². The number of nitrogens with one attached hydrogen (secondary N) is 1. The van der Waals surface area contributed by atoms with Gasteiger partial charge in [0, 0.05) is 17.7 Å². The Bertz CT molecular complexity index is 1470. The average Bonchev–Trinajstić information content (AvgIpc) is 3.26. The monoisotopic (exact) mass is 504 g/mol. The summed E-state index contributed by atoms with van der Waals surface area (Å²) in [6, 6.07) is 22.8. The van der Waals surface area contributed by atoms with Crippen molar-refractivity contribution in [1.82, 2.24) is 9.78 Å². The van der Waals surface area contributed by atoms with Crippen LogP contribution in [-0.2, 0) is 10.0 Å². The van der Waals surface area contributed by atoms with Gasteiger partial charge in [-0.1, -0.05) is 61.9 Å². The number of para-hydroxylation sites is 1. The van der Waals surface area contributed by atoms with Crippen molar-refractivity contribution in [2.75, 3.05) is 11.9 Å². The lowest BCUT2D eigenvalue weighted by atomic mass is 10.1. The number of nitrogens with zero attached hydrogens (tertiary/aromatic N) is 2. The minimum atomic E-state index is -4.25. The first kappa shape index (κ1) is 25.2. The number of rotatable bonds is 9. The molecular weight excluding hydrogens is 476 g/mol. The summed E-state index contributed by atoms with van der Waals surface area (Å²) < 4.78 is 32.6. The predicted octanol–water partition coefficient (Wildman–Crippen LogP) is 5.20. The summed E-state index contributed by atoms with van der Waals surface area (Å²) in [5.74, 6) is -0.0120. The number of sulfonamides is 1. The minimum Gasteiger partial charge on any atom is -0.454 e. The number of primary sulfonamides is 1. The Kier molecular flexibility index (Phi) is 7.52. The molecule has 0 amide bonds. The Hall–Kier alpha value is -3.95. The van der Waals surface area contributed by atoms with Crippen LogP contribution in [0.25, 0.3) is 11.3 Å². The Morgan fingerprint density at radius 1 is 1.03 bits per heavy atom. The Labute approximate surface area is 210 Å². The number of unbranched alkanes of at least 4 members (excludes halogenated alkanes) is 1. The van der Waals surface area contributed by atoms with Gasteiger partial charge in [0.1, 0.15) is 10.6 Å². The minimum absolute atomic E-state index is 0.0382. The molecule has 0 bridgehead atoms. The SMILES string of the molecule is CCCCNc1cc(C(=O)n2nc(C)cc2-c2ccccc2)cc(S(N)(=O)=O)c1Oc1ccccc1. The maximum Gasteiger partial charge on any atom is 0.278 e. The summed E-state index contributed by atoms with van der Waals surface area (Å²) in [6.07, 6.45) is 1.76. The third kappa shape index (κ3) is 5.64. The van der Waals surface area contributed by atoms with E-state index in [9.17, 15) is 13.2 Å². The van der Waals surface area contributed by atoms with E-state index in [2.05, 4.69) is 10.4 Å². The second-order valence-electron chi connectivity index (χ2n) is 8.35. The topological polar surface area (TPSA) is 116 Å². The molecule has 0 aliphatic rings. The zero-order chi connectivity index (χ0) is 25.7. The summed E-state index contributed by atoms with van der Waals surface area (Å²) >= 11 is 0. The van der Waals surface area contributed by atoms with Gasteiger partial charge in [0.2, 0.25) is 10.0 Å². The number of aromatic nitrogens is 2. The van der Waals surface area contributed by atoms with Crippen molar-refractivity contribution in [1.29, 1.82) is 0 Å². The van der Waals surface area contributed by atoms with Crippen LogP contribution in [0.15, 0.2) is 83.8 Å². The number of anilines is 1. The number of carbonyl (C=O) groups is 1. The first-order valence-electron chi connectivity index (χ1n) is 11.6. The third-order valence-corrected chi connectivity index (χ3v) is 6.43. The summed E-state index contributed by atoms with van der Waals surface area (Å²) in [7, 11) is -4.25. The van der Waals surface area contributed by atoms with Crippen molar-refractivity contribution in [2.45, 2.75) is 31.6 Å². The van der Waals surface area contributed by atoms with Crippen LogP contribution in [0.4, 0.5) is 5.69 Å². The van der Waals surface area contributed by atoms with Crippen LogP contribution in [0.5, 0.6) is 11.5 Å². The molecule has 3 N–H and O–H groups in total. The van der Waals surface area contributed by atoms with E-state index in [4.69, 9.17) is 9.88 Å². The van der Waals surface area contributed by atoms with Gasteiger partial charge in [-0.05, 0) is 43.7 Å². The lowest BCUT2D eigenvalue weighted by Gasteiger charge is -2.18. The lowest BCUT2D eigenvalue weighted by molar-refractivity contribution is 0.0946. The van der Waals surface area contributed by atoms with E-state index in [1.165, 1.54) is 10.7 Å². The predicted molar refractivity (Wildman–Crippen MR) is 140 cm³/mol. The van der Waals surface area contributed by atoms with Crippen LogP contribution in [0.3, 0.4) is 0 Å². The molecule has 0 saturated carbocycles. The highest BCUT2D eigenvalue weighted by Gasteiger charge is 2.25. The fourth-order valence-electron chi connectivity index (χ4n) is 3.77. The first-order valence-corrected chi connectivity index (χ1v) is 13.2. The molecule has 1 heterocycles. The van der Waals surface area contributed by atoms with Crippen molar-refractivity contribution in [3.8, 4) is 22.8 Å². The molecule has 186 valence electrons. The highest BCUT2D eigenvalue weighted by Crippen LogP contribution is 2.37. The van der Waals surface area contributed by atoms with Gasteiger partial charge in [-0.2, -0.15) is 9.78 Å². The highest BCUT2D eigenvalue weighted by molar-refractivity contribution is 7.89. The molecule has 4 aromatic rings. The fourth-order valence-corrected chi connectivity index (χ4v) is 4.47. The summed E-state index contributed by atoms with van der Waals surface area (Å²) in [5, 5.41) is 13.2. The number of nitrogens with two attached hydrogens (primary N) is 1. The molecule has 4 rings (SSSR count). The van der Waals surface area contributed by atoms with Crippen LogP contribution >= 0.6 is 0 Å². The molecule has 0 saturated heterocycles. The number of ether oxygens (including phenoxy) is 1. The van der Waals surface area contributed by atoms with Crippen LogP contribution in [-0.4, -0.2) is 30.7 Å². The van der Waals surface area contributed by atoms with E-state index in [-0.39, 0.29) is 16.2 Å². The number of carbonyl (C=O) groups excluding carboxylic acids is 1. The summed E-state index contributed by atoms with van der Waals surface area (Å²) in [5.41, 5.74) is 2.52. The van der Waals surface area contributed by atoms with E-state index in [0.29, 0.717) is 29.4 Å². The summed E-state index contributed by atoms with van der Waals surface area (Å²) in [6.45, 7) is 4.39. The largest absolute Gasteiger partial charge is 0.454 e. The van der Waals surface area contributed by atoms with E-state index >= 15 is 0 Å². The fraction of sp³-hybridized carbons (Fsp3) is 0.185. The second kappa shape index (κ2) is 10.8. The number of hydrogen-bond donors (Lipinski definition) is 2. The van der Waals surface area contributed by atoms with Crippen LogP contribution in [0.2, 0.25) is 0 Å². The molecule has 0 aliphatic carbocycles. The van der Waals surface area contributed by atoms with E-state index in [0.717, 1.165) is 18.4 Å². The smallest absolute Gasteiger partial charge is 0.278 e. The number of aryl methyl sites for hydroxylation is 1. The standard InChI is InChI=1S/C27H28N4O4S/c1-3-4-15-29-23-17-21(18-25(36(28,33)34)26(23)35-22-13-9-6-10-14-22)27(32)31-24(16-19(2)30-31)20-11-7-5-8-12-20/h5-14,16-18,29H,3-4,15H2,1-2H3,(H2,28,33,34). The maximum atomic E-state index is 13.7. The van der Waals surface area contributed by atoms with Gasteiger partial charge in [0.25, 0.3) is 5.91 Å². The average molecular weight is 505 g/mol. The van der Waals surface area contributed by atoms with Gasteiger partial charge < -0.3 is 10.1 Å². The molecule has 8 nitrogen and oxygen atoms in total. The Morgan fingerprint density at radius 2 is 1.69 bits per heavy atom. The highest BCUT2D eigenvalue weighted by atomic mass is 32.2. The molecule has 36 heavy (non-hydrogen) atoms. The number of hydrogen-bond acceptors (Lipinski definition) is 6. The van der Waals surface area contributed by atoms with Gasteiger partial charge in [-0.3, -0.25) is 4.79 Å². The molecule has 0 radical (unpaired) electrons.